The van der Waals surface area contributed by atoms with Crippen LogP contribution in [0.4, 0.5) is 22.0 Å². The van der Waals surface area contributed by atoms with Gasteiger partial charge in [-0.3, -0.25) is 0 Å². The number of hydrogen-bond acceptors (Lipinski definition) is 2. The van der Waals surface area contributed by atoms with Crippen molar-refractivity contribution in [2.75, 3.05) is 0 Å². The maximum Gasteiger partial charge on any atom is 0.414 e. The van der Waals surface area contributed by atoms with Gasteiger partial charge in [0, 0.05) is 6.42 Å². The van der Waals surface area contributed by atoms with Crippen LogP contribution >= 0.6 is 0 Å². The third kappa shape index (κ3) is 3.86. The van der Waals surface area contributed by atoms with Crippen molar-refractivity contribution in [3.8, 4) is 0 Å². The summed E-state index contributed by atoms with van der Waals surface area (Å²) in [5.41, 5.74) is 0. The van der Waals surface area contributed by atoms with Crippen LogP contribution in [-0.2, 0) is 0 Å². The quantitative estimate of drug-likeness (QED) is 0.686. The molecule has 0 aliphatic heterocycles. The SMILES string of the molecule is CC(O)C(F)(F)CC(O)C(F)(F)F. The van der Waals surface area contributed by atoms with Crippen molar-refractivity contribution >= 4 is 0 Å². The molecule has 0 amide bonds. The first-order valence-electron chi connectivity index (χ1n) is 3.38. The van der Waals surface area contributed by atoms with Gasteiger partial charge in [-0.1, -0.05) is 0 Å². The lowest BCUT2D eigenvalue weighted by atomic mass is 10.1. The fraction of sp³-hybridized carbons (Fsp3) is 1.00. The van der Waals surface area contributed by atoms with E-state index in [1.165, 1.54) is 0 Å². The van der Waals surface area contributed by atoms with Crippen LogP contribution in [0.2, 0.25) is 0 Å². The van der Waals surface area contributed by atoms with Gasteiger partial charge in [0.1, 0.15) is 6.10 Å². The minimum absolute atomic E-state index is 0.656. The summed E-state index contributed by atoms with van der Waals surface area (Å²) in [6.45, 7) is 0.656. The Morgan fingerprint density at radius 3 is 1.69 bits per heavy atom. The molecule has 0 aliphatic rings. The fourth-order valence-electron chi connectivity index (χ4n) is 0.544. The van der Waals surface area contributed by atoms with E-state index in [-0.39, 0.29) is 0 Å². The lowest BCUT2D eigenvalue weighted by Crippen LogP contribution is -2.40. The van der Waals surface area contributed by atoms with Crippen LogP contribution in [0.15, 0.2) is 0 Å². The van der Waals surface area contributed by atoms with E-state index in [1.807, 2.05) is 0 Å². The number of alkyl halides is 5. The minimum atomic E-state index is -5.08. The molecule has 0 radical (unpaired) electrons. The molecule has 2 unspecified atom stereocenters. The van der Waals surface area contributed by atoms with Crippen molar-refractivity contribution in [3.63, 3.8) is 0 Å². The Morgan fingerprint density at radius 1 is 1.08 bits per heavy atom. The molecule has 0 heterocycles. The molecule has 0 rings (SSSR count). The van der Waals surface area contributed by atoms with E-state index in [4.69, 9.17) is 10.2 Å². The first-order chi connectivity index (χ1) is 5.57. The zero-order valence-electron chi connectivity index (χ0n) is 6.65. The van der Waals surface area contributed by atoms with Gasteiger partial charge in [0.25, 0.3) is 5.92 Å². The molecule has 0 aromatic carbocycles. The Kier molecular flexibility index (Phi) is 3.62. The van der Waals surface area contributed by atoms with Gasteiger partial charge in [0.05, 0.1) is 0 Å². The van der Waals surface area contributed by atoms with Crippen LogP contribution in [0.5, 0.6) is 0 Å². The molecule has 0 aromatic heterocycles. The first-order valence-corrected chi connectivity index (χ1v) is 3.38. The Bertz CT molecular complexity index is 165. The predicted octanol–water partition coefficient (Wildman–Crippen LogP) is 1.32. The summed E-state index contributed by atoms with van der Waals surface area (Å²) < 4.78 is 59.6. The van der Waals surface area contributed by atoms with Gasteiger partial charge < -0.3 is 10.2 Å². The number of halogens is 5. The molecule has 0 aromatic rings. The summed E-state index contributed by atoms with van der Waals surface area (Å²) in [7, 11) is 0. The van der Waals surface area contributed by atoms with Gasteiger partial charge in [-0.25, -0.2) is 8.78 Å². The highest BCUT2D eigenvalue weighted by atomic mass is 19.4. The summed E-state index contributed by atoms with van der Waals surface area (Å²) in [5.74, 6) is -3.94. The average Bonchev–Trinajstić information content (AvgIpc) is 1.83. The molecule has 2 atom stereocenters. The molecule has 0 spiro atoms. The second-order valence-corrected chi connectivity index (χ2v) is 2.70. The normalized spacial score (nSPS) is 18.5. The summed E-state index contributed by atoms with van der Waals surface area (Å²) in [5, 5.41) is 16.6. The molecule has 0 bridgehead atoms. The summed E-state index contributed by atoms with van der Waals surface area (Å²) in [6, 6.07) is 0. The predicted molar refractivity (Wildman–Crippen MR) is 33.3 cm³/mol. The first kappa shape index (κ1) is 12.6. The third-order valence-corrected chi connectivity index (χ3v) is 1.45. The molecule has 0 fully saturated rings. The number of rotatable bonds is 3. The highest BCUT2D eigenvalue weighted by molar-refractivity contribution is 4.79. The van der Waals surface area contributed by atoms with Crippen molar-refractivity contribution < 1.29 is 32.2 Å². The molecule has 80 valence electrons. The summed E-state index contributed by atoms with van der Waals surface area (Å²) in [4.78, 5) is 0. The molecule has 13 heavy (non-hydrogen) atoms. The molecular weight excluding hydrogens is 199 g/mol. The van der Waals surface area contributed by atoms with Crippen LogP contribution < -0.4 is 0 Å². The maximum absolute atomic E-state index is 12.4. The highest BCUT2D eigenvalue weighted by Gasteiger charge is 2.47. The zero-order valence-corrected chi connectivity index (χ0v) is 6.65. The standard InChI is InChI=1S/C6H9F5O2/c1-3(12)5(7,8)2-4(13)6(9,10)11/h3-4,12-13H,2H2,1H3. The van der Waals surface area contributed by atoms with Gasteiger partial charge in [-0.05, 0) is 6.92 Å². The Balaban J connectivity index is 4.28. The Hall–Kier alpha value is -0.430. The zero-order chi connectivity index (χ0) is 10.9. The number of aliphatic hydroxyl groups is 2. The van der Waals surface area contributed by atoms with Crippen LogP contribution in [0.1, 0.15) is 13.3 Å². The van der Waals surface area contributed by atoms with Crippen LogP contribution in [-0.4, -0.2) is 34.5 Å². The maximum atomic E-state index is 12.4. The number of hydrogen-bond donors (Lipinski definition) is 2. The molecule has 0 saturated carbocycles. The second-order valence-electron chi connectivity index (χ2n) is 2.70. The van der Waals surface area contributed by atoms with Gasteiger partial charge >= 0.3 is 6.18 Å². The van der Waals surface area contributed by atoms with Crippen molar-refractivity contribution in [2.45, 2.75) is 37.7 Å². The van der Waals surface area contributed by atoms with Crippen molar-refractivity contribution in [1.82, 2.24) is 0 Å². The molecule has 2 nitrogen and oxygen atoms in total. The average molecular weight is 208 g/mol. The molecular formula is C6H9F5O2. The van der Waals surface area contributed by atoms with Crippen LogP contribution in [0.3, 0.4) is 0 Å². The Morgan fingerprint density at radius 2 is 1.46 bits per heavy atom. The fourth-order valence-corrected chi connectivity index (χ4v) is 0.544. The van der Waals surface area contributed by atoms with Crippen molar-refractivity contribution in [2.24, 2.45) is 0 Å². The third-order valence-electron chi connectivity index (χ3n) is 1.45. The van der Waals surface area contributed by atoms with E-state index >= 15 is 0 Å². The van der Waals surface area contributed by atoms with Gasteiger partial charge in [-0.2, -0.15) is 13.2 Å². The summed E-state index contributed by atoms with van der Waals surface area (Å²) >= 11 is 0. The van der Waals surface area contributed by atoms with Crippen molar-refractivity contribution in [1.29, 1.82) is 0 Å². The van der Waals surface area contributed by atoms with Crippen LogP contribution in [0, 0.1) is 0 Å². The summed E-state index contributed by atoms with van der Waals surface area (Å²) in [6.07, 6.45) is -12.2. The molecule has 0 saturated heterocycles. The van der Waals surface area contributed by atoms with E-state index in [0.29, 0.717) is 6.92 Å². The van der Waals surface area contributed by atoms with E-state index in [9.17, 15) is 22.0 Å². The topological polar surface area (TPSA) is 40.5 Å². The van der Waals surface area contributed by atoms with Gasteiger partial charge in [0.15, 0.2) is 6.10 Å². The number of aliphatic hydroxyl groups excluding tert-OH is 2. The van der Waals surface area contributed by atoms with E-state index < -0.39 is 30.7 Å². The van der Waals surface area contributed by atoms with Crippen molar-refractivity contribution in [3.05, 3.63) is 0 Å². The van der Waals surface area contributed by atoms with E-state index in [2.05, 4.69) is 0 Å². The van der Waals surface area contributed by atoms with E-state index in [0.717, 1.165) is 0 Å². The monoisotopic (exact) mass is 208 g/mol. The Labute approximate surface area is 71.0 Å². The lowest BCUT2D eigenvalue weighted by molar-refractivity contribution is -0.231. The van der Waals surface area contributed by atoms with E-state index in [1.54, 1.807) is 0 Å². The van der Waals surface area contributed by atoms with Crippen LogP contribution in [0.25, 0.3) is 0 Å². The molecule has 0 aliphatic carbocycles. The lowest BCUT2D eigenvalue weighted by Gasteiger charge is -2.23. The molecule has 7 heteroatoms. The largest absolute Gasteiger partial charge is 0.414 e. The minimum Gasteiger partial charge on any atom is -0.387 e. The smallest absolute Gasteiger partial charge is 0.387 e. The highest BCUT2D eigenvalue weighted by Crippen LogP contribution is 2.31. The molecule has 2 N–H and O–H groups in total. The van der Waals surface area contributed by atoms with Gasteiger partial charge in [-0.15, -0.1) is 0 Å². The van der Waals surface area contributed by atoms with Gasteiger partial charge in [0.2, 0.25) is 0 Å². The second kappa shape index (κ2) is 3.75.